The average Bonchev–Trinajstić information content (AvgIpc) is 2.75. The zero-order valence-electron chi connectivity index (χ0n) is 11.8. The van der Waals surface area contributed by atoms with Crippen molar-refractivity contribution in [1.29, 1.82) is 0 Å². The number of aromatic nitrogens is 3. The first-order chi connectivity index (χ1) is 9.32. The highest BCUT2D eigenvalue weighted by molar-refractivity contribution is 6.35. The lowest BCUT2D eigenvalue weighted by Gasteiger charge is -2.21. The number of hydrogen-bond donors (Lipinski definition) is 1. The third-order valence-corrected chi connectivity index (χ3v) is 3.63. The van der Waals surface area contributed by atoms with Gasteiger partial charge in [-0.3, -0.25) is 0 Å². The van der Waals surface area contributed by atoms with E-state index >= 15 is 0 Å². The minimum absolute atomic E-state index is 0.0862. The predicted molar refractivity (Wildman–Crippen MR) is 82.2 cm³/mol. The summed E-state index contributed by atoms with van der Waals surface area (Å²) in [6.45, 7) is 7.27. The van der Waals surface area contributed by atoms with Crippen molar-refractivity contribution >= 4 is 23.2 Å². The molecule has 2 N–H and O–H groups in total. The van der Waals surface area contributed by atoms with Crippen LogP contribution in [0.5, 0.6) is 0 Å². The van der Waals surface area contributed by atoms with Gasteiger partial charge in [-0.15, -0.1) is 5.10 Å². The van der Waals surface area contributed by atoms with Crippen LogP contribution in [0.4, 0.5) is 0 Å². The first-order valence-corrected chi connectivity index (χ1v) is 7.15. The Morgan fingerprint density at radius 2 is 1.95 bits per heavy atom. The molecule has 6 heteroatoms. The van der Waals surface area contributed by atoms with Gasteiger partial charge in [-0.2, -0.15) is 0 Å². The Bertz CT molecular complexity index is 614. The zero-order valence-corrected chi connectivity index (χ0v) is 13.3. The Balaban J connectivity index is 2.41. The molecule has 4 nitrogen and oxygen atoms in total. The smallest absolute Gasteiger partial charge is 0.1000 e. The van der Waals surface area contributed by atoms with Crippen molar-refractivity contribution in [3.63, 3.8) is 0 Å². The maximum atomic E-state index is 6.22. The highest BCUT2D eigenvalue weighted by atomic mass is 35.5. The van der Waals surface area contributed by atoms with Gasteiger partial charge in [-0.25, -0.2) is 4.68 Å². The van der Waals surface area contributed by atoms with E-state index in [2.05, 4.69) is 31.1 Å². The van der Waals surface area contributed by atoms with Crippen molar-refractivity contribution in [1.82, 2.24) is 15.0 Å². The van der Waals surface area contributed by atoms with Crippen LogP contribution in [0.15, 0.2) is 18.2 Å². The van der Waals surface area contributed by atoms with E-state index < -0.39 is 0 Å². The molecule has 2 rings (SSSR count). The number of hydrogen-bond acceptors (Lipinski definition) is 3. The summed E-state index contributed by atoms with van der Waals surface area (Å²) in [6.07, 6.45) is 0. The van der Waals surface area contributed by atoms with E-state index in [4.69, 9.17) is 28.9 Å². The standard InChI is InChI=1S/C14H18Cl2N4/c1-14(2,3)13-12(7-17)18-19-20(13)8-9-4-5-10(15)6-11(9)16/h4-6H,7-8,17H2,1-3H3. The molecule has 108 valence electrons. The van der Waals surface area contributed by atoms with Crippen LogP contribution in [-0.4, -0.2) is 15.0 Å². The normalized spacial score (nSPS) is 11.9. The van der Waals surface area contributed by atoms with Gasteiger partial charge in [-0.1, -0.05) is 55.3 Å². The molecule has 0 bridgehead atoms. The molecule has 0 aliphatic carbocycles. The fraction of sp³-hybridized carbons (Fsp3) is 0.429. The fourth-order valence-electron chi connectivity index (χ4n) is 2.23. The van der Waals surface area contributed by atoms with Gasteiger partial charge in [0.1, 0.15) is 0 Å². The van der Waals surface area contributed by atoms with Crippen molar-refractivity contribution in [3.8, 4) is 0 Å². The lowest BCUT2D eigenvalue weighted by Crippen LogP contribution is -2.21. The number of nitrogens with zero attached hydrogens (tertiary/aromatic N) is 3. The highest BCUT2D eigenvalue weighted by Crippen LogP contribution is 2.27. The van der Waals surface area contributed by atoms with Crippen LogP contribution in [0.3, 0.4) is 0 Å². The maximum absolute atomic E-state index is 6.22. The molecule has 0 radical (unpaired) electrons. The third kappa shape index (κ3) is 3.14. The summed E-state index contributed by atoms with van der Waals surface area (Å²) >= 11 is 12.1. The van der Waals surface area contributed by atoms with Crippen molar-refractivity contribution < 1.29 is 0 Å². The molecule has 1 heterocycles. The number of halogens is 2. The molecule has 0 saturated carbocycles. The topological polar surface area (TPSA) is 56.7 Å². The summed E-state index contributed by atoms with van der Waals surface area (Å²) < 4.78 is 1.86. The Hall–Kier alpha value is -1.10. The van der Waals surface area contributed by atoms with E-state index in [1.165, 1.54) is 0 Å². The Labute approximate surface area is 128 Å². The summed E-state index contributed by atoms with van der Waals surface area (Å²) in [7, 11) is 0. The molecule has 0 unspecified atom stereocenters. The molecule has 0 atom stereocenters. The SMILES string of the molecule is CC(C)(C)c1c(CN)nnn1Cc1ccc(Cl)cc1Cl. The molecule has 0 saturated heterocycles. The van der Waals surface area contributed by atoms with E-state index in [0.717, 1.165) is 17.0 Å². The Morgan fingerprint density at radius 3 is 2.50 bits per heavy atom. The second-order valence-electron chi connectivity index (χ2n) is 5.73. The number of nitrogens with two attached hydrogens (primary N) is 1. The van der Waals surface area contributed by atoms with Crippen molar-refractivity contribution in [2.24, 2.45) is 5.73 Å². The minimum Gasteiger partial charge on any atom is -0.325 e. The monoisotopic (exact) mass is 312 g/mol. The average molecular weight is 313 g/mol. The van der Waals surface area contributed by atoms with Gasteiger partial charge in [0, 0.05) is 22.0 Å². The number of rotatable bonds is 3. The Kier molecular flexibility index (Phi) is 4.37. The molecule has 1 aromatic heterocycles. The van der Waals surface area contributed by atoms with Crippen LogP contribution < -0.4 is 5.73 Å². The molecule has 0 fully saturated rings. The van der Waals surface area contributed by atoms with E-state index in [1.807, 2.05) is 16.8 Å². The first-order valence-electron chi connectivity index (χ1n) is 6.39. The highest BCUT2D eigenvalue weighted by Gasteiger charge is 2.24. The van der Waals surface area contributed by atoms with Crippen LogP contribution in [0.2, 0.25) is 10.0 Å². The largest absolute Gasteiger partial charge is 0.325 e. The molecule has 20 heavy (non-hydrogen) atoms. The molecule has 0 spiro atoms. The lowest BCUT2D eigenvalue weighted by molar-refractivity contribution is 0.498. The molecular formula is C14H18Cl2N4. The fourth-order valence-corrected chi connectivity index (χ4v) is 2.70. The van der Waals surface area contributed by atoms with Crippen LogP contribution >= 0.6 is 23.2 Å². The summed E-state index contributed by atoms with van der Waals surface area (Å²) in [5, 5.41) is 9.62. The van der Waals surface area contributed by atoms with Gasteiger partial charge in [0.15, 0.2) is 0 Å². The zero-order chi connectivity index (χ0) is 14.9. The van der Waals surface area contributed by atoms with Crippen LogP contribution in [0, 0.1) is 0 Å². The predicted octanol–water partition coefficient (Wildman–Crippen LogP) is 3.39. The maximum Gasteiger partial charge on any atom is 0.1000 e. The van der Waals surface area contributed by atoms with Gasteiger partial charge >= 0.3 is 0 Å². The molecule has 0 aliphatic rings. The van der Waals surface area contributed by atoms with E-state index in [-0.39, 0.29) is 5.41 Å². The van der Waals surface area contributed by atoms with Crippen LogP contribution in [-0.2, 0) is 18.5 Å². The van der Waals surface area contributed by atoms with Gasteiger partial charge in [-0.05, 0) is 17.7 Å². The van der Waals surface area contributed by atoms with Gasteiger partial charge in [0.2, 0.25) is 0 Å². The van der Waals surface area contributed by atoms with E-state index in [9.17, 15) is 0 Å². The Morgan fingerprint density at radius 1 is 1.25 bits per heavy atom. The second-order valence-corrected chi connectivity index (χ2v) is 6.58. The molecule has 0 amide bonds. The molecule has 2 aromatic rings. The molecule has 0 aliphatic heterocycles. The van der Waals surface area contributed by atoms with E-state index in [1.54, 1.807) is 6.07 Å². The summed E-state index contributed by atoms with van der Waals surface area (Å²) in [6, 6.07) is 5.46. The lowest BCUT2D eigenvalue weighted by atomic mass is 9.90. The van der Waals surface area contributed by atoms with E-state index in [0.29, 0.717) is 23.1 Å². The van der Waals surface area contributed by atoms with Crippen molar-refractivity contribution in [2.45, 2.75) is 39.3 Å². The summed E-state index contributed by atoms with van der Waals surface area (Å²) in [4.78, 5) is 0. The van der Waals surface area contributed by atoms with Crippen molar-refractivity contribution in [2.75, 3.05) is 0 Å². The van der Waals surface area contributed by atoms with Gasteiger partial charge in [0.25, 0.3) is 0 Å². The minimum atomic E-state index is -0.0862. The van der Waals surface area contributed by atoms with Gasteiger partial charge in [0.05, 0.1) is 17.9 Å². The quantitative estimate of drug-likeness (QED) is 0.945. The second kappa shape index (κ2) is 5.72. The van der Waals surface area contributed by atoms with Gasteiger partial charge < -0.3 is 5.73 Å². The molecule has 1 aromatic carbocycles. The number of benzene rings is 1. The summed E-state index contributed by atoms with van der Waals surface area (Å²) in [5.41, 5.74) is 8.47. The first kappa shape index (κ1) is 15.3. The molecular weight excluding hydrogens is 295 g/mol. The van der Waals surface area contributed by atoms with Crippen LogP contribution in [0.1, 0.15) is 37.7 Å². The summed E-state index contributed by atoms with van der Waals surface area (Å²) in [5.74, 6) is 0. The van der Waals surface area contributed by atoms with Crippen molar-refractivity contribution in [3.05, 3.63) is 45.2 Å². The third-order valence-electron chi connectivity index (χ3n) is 3.04. The van der Waals surface area contributed by atoms with Crippen LogP contribution in [0.25, 0.3) is 0 Å².